The van der Waals surface area contributed by atoms with Crippen LogP contribution >= 0.6 is 15.9 Å². The van der Waals surface area contributed by atoms with E-state index in [0.29, 0.717) is 11.9 Å². The van der Waals surface area contributed by atoms with Gasteiger partial charge in [-0.25, -0.2) is 9.52 Å². The van der Waals surface area contributed by atoms with Crippen molar-refractivity contribution in [3.8, 4) is 0 Å². The summed E-state index contributed by atoms with van der Waals surface area (Å²) in [6.07, 6.45) is 1.42. The lowest BCUT2D eigenvalue weighted by Gasteiger charge is -2.35. The maximum atomic E-state index is 12.0. The zero-order valence-electron chi connectivity index (χ0n) is 10.6. The molecule has 1 aliphatic rings. The van der Waals surface area contributed by atoms with Crippen molar-refractivity contribution in [2.24, 2.45) is 0 Å². The molecule has 8 heteroatoms. The van der Waals surface area contributed by atoms with Crippen molar-refractivity contribution in [2.45, 2.75) is 45.3 Å². The van der Waals surface area contributed by atoms with Crippen molar-refractivity contribution in [3.63, 3.8) is 0 Å². The van der Waals surface area contributed by atoms with Crippen LogP contribution in [0.5, 0.6) is 0 Å². The van der Waals surface area contributed by atoms with E-state index in [4.69, 9.17) is 4.74 Å². The summed E-state index contributed by atoms with van der Waals surface area (Å²) in [4.78, 5) is 11.4. The Hall–Kier alpha value is -0.340. The monoisotopic (exact) mass is 342 g/mol. The third-order valence-corrected chi connectivity index (χ3v) is 4.53. The Kier molecular flexibility index (Phi) is 5.87. The number of hydrogen-bond donors (Lipinski definition) is 1. The molecule has 0 saturated heterocycles. The SMILES string of the molecule is CC(C)OC(=O)NS(=O)(=O)N(CCBr)C1CCC1. The molecule has 1 saturated carbocycles. The Morgan fingerprint density at radius 2 is 2.11 bits per heavy atom. The van der Waals surface area contributed by atoms with Crippen LogP contribution in [0.2, 0.25) is 0 Å². The molecule has 0 bridgehead atoms. The first kappa shape index (κ1) is 15.7. The van der Waals surface area contributed by atoms with E-state index in [0.717, 1.165) is 19.3 Å². The van der Waals surface area contributed by atoms with Crippen LogP contribution in [0, 0.1) is 0 Å². The van der Waals surface area contributed by atoms with E-state index in [9.17, 15) is 13.2 Å². The first-order valence-electron chi connectivity index (χ1n) is 5.93. The van der Waals surface area contributed by atoms with Crippen molar-refractivity contribution in [1.82, 2.24) is 9.03 Å². The zero-order valence-corrected chi connectivity index (χ0v) is 13.0. The molecule has 0 aliphatic heterocycles. The van der Waals surface area contributed by atoms with Crippen LogP contribution in [-0.2, 0) is 14.9 Å². The number of amides is 1. The summed E-state index contributed by atoms with van der Waals surface area (Å²) in [7, 11) is -3.81. The van der Waals surface area contributed by atoms with Crippen LogP contribution in [0.3, 0.4) is 0 Å². The standard InChI is InChI=1S/C10H19BrN2O4S/c1-8(2)17-10(14)12-18(15,16)13(7-6-11)9-4-3-5-9/h8-9H,3-7H2,1-2H3,(H,12,14). The van der Waals surface area contributed by atoms with E-state index in [1.54, 1.807) is 13.8 Å². The lowest BCUT2D eigenvalue weighted by atomic mass is 9.93. The summed E-state index contributed by atoms with van der Waals surface area (Å²) in [5.74, 6) is 0. The topological polar surface area (TPSA) is 75.7 Å². The van der Waals surface area contributed by atoms with E-state index >= 15 is 0 Å². The fourth-order valence-corrected chi connectivity index (χ4v) is 3.59. The summed E-state index contributed by atoms with van der Waals surface area (Å²) in [6.45, 7) is 3.66. The number of nitrogens with one attached hydrogen (secondary N) is 1. The van der Waals surface area contributed by atoms with Crippen molar-refractivity contribution >= 4 is 32.2 Å². The van der Waals surface area contributed by atoms with E-state index in [2.05, 4.69) is 15.9 Å². The molecular formula is C10H19BrN2O4S. The molecule has 106 valence electrons. The summed E-state index contributed by atoms with van der Waals surface area (Å²) < 4.78 is 32.1. The van der Waals surface area contributed by atoms with Gasteiger partial charge in [0.25, 0.3) is 0 Å². The predicted octanol–water partition coefficient (Wildman–Crippen LogP) is 1.62. The highest BCUT2D eigenvalue weighted by molar-refractivity contribution is 9.09. The molecule has 1 N–H and O–H groups in total. The van der Waals surface area contributed by atoms with Crippen molar-refractivity contribution in [1.29, 1.82) is 0 Å². The van der Waals surface area contributed by atoms with Crippen LogP contribution in [0.1, 0.15) is 33.1 Å². The Morgan fingerprint density at radius 1 is 1.50 bits per heavy atom. The molecule has 0 spiro atoms. The number of ether oxygens (including phenoxy) is 1. The maximum Gasteiger partial charge on any atom is 0.422 e. The highest BCUT2D eigenvalue weighted by atomic mass is 79.9. The molecule has 1 fully saturated rings. The molecule has 18 heavy (non-hydrogen) atoms. The highest BCUT2D eigenvalue weighted by Gasteiger charge is 2.34. The fourth-order valence-electron chi connectivity index (χ4n) is 1.66. The highest BCUT2D eigenvalue weighted by Crippen LogP contribution is 2.26. The molecule has 1 amide bonds. The first-order valence-corrected chi connectivity index (χ1v) is 8.49. The summed E-state index contributed by atoms with van der Waals surface area (Å²) >= 11 is 3.22. The number of rotatable bonds is 6. The van der Waals surface area contributed by atoms with Crippen LogP contribution < -0.4 is 4.72 Å². The van der Waals surface area contributed by atoms with Gasteiger partial charge in [0.15, 0.2) is 0 Å². The minimum atomic E-state index is -3.81. The smallest absolute Gasteiger partial charge is 0.422 e. The number of alkyl halides is 1. The first-order chi connectivity index (χ1) is 8.36. The number of nitrogens with zero attached hydrogens (tertiary/aromatic N) is 1. The summed E-state index contributed by atoms with van der Waals surface area (Å²) in [5, 5.41) is 0.531. The number of halogens is 1. The van der Waals surface area contributed by atoms with Gasteiger partial charge in [0.2, 0.25) is 0 Å². The van der Waals surface area contributed by atoms with Gasteiger partial charge >= 0.3 is 16.3 Å². The Morgan fingerprint density at radius 3 is 2.50 bits per heavy atom. The van der Waals surface area contributed by atoms with Gasteiger partial charge in [-0.15, -0.1) is 0 Å². The van der Waals surface area contributed by atoms with Crippen molar-refractivity contribution < 1.29 is 17.9 Å². The Labute approximate surface area is 116 Å². The second kappa shape index (κ2) is 6.72. The Bertz CT molecular complexity index is 381. The maximum absolute atomic E-state index is 12.0. The third-order valence-electron chi connectivity index (χ3n) is 2.65. The van der Waals surface area contributed by atoms with Gasteiger partial charge in [-0.1, -0.05) is 22.4 Å². The van der Waals surface area contributed by atoms with Gasteiger partial charge in [-0.05, 0) is 26.7 Å². The van der Waals surface area contributed by atoms with Crippen LogP contribution in [0.4, 0.5) is 4.79 Å². The summed E-state index contributed by atoms with van der Waals surface area (Å²) in [6, 6.07) is -0.00750. The lowest BCUT2D eigenvalue weighted by molar-refractivity contribution is 0.120. The molecular weight excluding hydrogens is 324 g/mol. The molecule has 0 aromatic heterocycles. The van der Waals surface area contributed by atoms with Crippen molar-refractivity contribution in [3.05, 3.63) is 0 Å². The lowest BCUT2D eigenvalue weighted by Crippen LogP contribution is -2.51. The summed E-state index contributed by atoms with van der Waals surface area (Å²) in [5.41, 5.74) is 0. The second-order valence-electron chi connectivity index (χ2n) is 4.45. The van der Waals surface area contributed by atoms with E-state index < -0.39 is 16.3 Å². The minimum Gasteiger partial charge on any atom is -0.446 e. The van der Waals surface area contributed by atoms with E-state index in [1.165, 1.54) is 4.31 Å². The average Bonchev–Trinajstić information content (AvgIpc) is 2.11. The fraction of sp³-hybridized carbons (Fsp3) is 0.900. The molecule has 1 aliphatic carbocycles. The van der Waals surface area contributed by atoms with Gasteiger partial charge in [0.05, 0.1) is 6.10 Å². The molecule has 0 heterocycles. The second-order valence-corrected chi connectivity index (χ2v) is 6.86. The van der Waals surface area contributed by atoms with Gasteiger partial charge in [0.1, 0.15) is 0 Å². The van der Waals surface area contributed by atoms with Gasteiger partial charge in [0, 0.05) is 17.9 Å². The molecule has 0 radical (unpaired) electrons. The van der Waals surface area contributed by atoms with Gasteiger partial charge < -0.3 is 4.74 Å². The largest absolute Gasteiger partial charge is 0.446 e. The molecule has 0 aromatic rings. The molecule has 0 aromatic carbocycles. The third kappa shape index (κ3) is 4.40. The number of carbonyl (C=O) groups is 1. The van der Waals surface area contributed by atoms with Crippen LogP contribution in [-0.4, -0.2) is 42.8 Å². The molecule has 0 unspecified atom stereocenters. The van der Waals surface area contributed by atoms with Gasteiger partial charge in [-0.2, -0.15) is 12.7 Å². The number of carbonyl (C=O) groups excluding carboxylic acids is 1. The van der Waals surface area contributed by atoms with Gasteiger partial charge in [-0.3, -0.25) is 0 Å². The van der Waals surface area contributed by atoms with Crippen LogP contribution in [0.25, 0.3) is 0 Å². The predicted molar refractivity (Wildman–Crippen MR) is 71.8 cm³/mol. The quantitative estimate of drug-likeness (QED) is 0.744. The van der Waals surface area contributed by atoms with Crippen molar-refractivity contribution in [2.75, 3.05) is 11.9 Å². The average molecular weight is 343 g/mol. The van der Waals surface area contributed by atoms with E-state index in [1.807, 2.05) is 4.72 Å². The molecule has 6 nitrogen and oxygen atoms in total. The minimum absolute atomic E-state index is 0.00750. The molecule has 1 rings (SSSR count). The Balaban J connectivity index is 2.66. The van der Waals surface area contributed by atoms with Crippen LogP contribution in [0.15, 0.2) is 0 Å². The zero-order chi connectivity index (χ0) is 13.8. The number of hydrogen-bond acceptors (Lipinski definition) is 4. The molecule has 0 atom stereocenters. The normalized spacial score (nSPS) is 16.7. The van der Waals surface area contributed by atoms with E-state index in [-0.39, 0.29) is 12.1 Å².